The van der Waals surface area contributed by atoms with Crippen molar-refractivity contribution in [3.05, 3.63) is 65.7 Å². The highest BCUT2D eigenvalue weighted by Crippen LogP contribution is 2.19. The van der Waals surface area contributed by atoms with Gasteiger partial charge in [-0.25, -0.2) is 0 Å². The van der Waals surface area contributed by atoms with Crippen LogP contribution in [0.5, 0.6) is 0 Å². The zero-order chi connectivity index (χ0) is 17.4. The Morgan fingerprint density at radius 1 is 1.04 bits per heavy atom. The van der Waals surface area contributed by atoms with Gasteiger partial charge in [0.25, 0.3) is 0 Å². The molecular weight excluding hydrogens is 320 g/mol. The lowest BCUT2D eigenvalue weighted by Gasteiger charge is -2.22. The number of carbonyl (C=O) groups excluding carboxylic acids is 2. The van der Waals surface area contributed by atoms with E-state index in [4.69, 9.17) is 5.73 Å². The van der Waals surface area contributed by atoms with Crippen LogP contribution in [0.15, 0.2) is 59.5 Å². The lowest BCUT2D eigenvalue weighted by atomic mass is 10.2. The van der Waals surface area contributed by atoms with Crippen LogP contribution < -0.4 is 5.73 Å². The lowest BCUT2D eigenvalue weighted by molar-refractivity contribution is -0.129. The number of hydrogen-bond donors (Lipinski definition) is 1. The van der Waals surface area contributed by atoms with Crippen molar-refractivity contribution in [3.63, 3.8) is 0 Å². The third-order valence-corrected chi connectivity index (χ3v) is 4.58. The maximum atomic E-state index is 12.6. The van der Waals surface area contributed by atoms with Gasteiger partial charge in [0, 0.05) is 24.4 Å². The molecule has 24 heavy (non-hydrogen) atoms. The Labute approximate surface area is 147 Å². The van der Waals surface area contributed by atoms with E-state index in [-0.39, 0.29) is 12.3 Å². The number of hydrogen-bond acceptors (Lipinski definition) is 3. The number of nitrogens with zero attached hydrogens (tertiary/aromatic N) is 1. The molecule has 0 aromatic heterocycles. The molecular formula is C19H22N2O2S. The molecule has 2 N–H and O–H groups in total. The first kappa shape index (κ1) is 18.1. The topological polar surface area (TPSA) is 63.4 Å². The molecule has 0 spiro atoms. The molecule has 0 aliphatic heterocycles. The van der Waals surface area contributed by atoms with Gasteiger partial charge in [0.15, 0.2) is 0 Å². The van der Waals surface area contributed by atoms with E-state index in [1.165, 1.54) is 17.3 Å². The summed E-state index contributed by atoms with van der Waals surface area (Å²) in [5.74, 6) is -0.0491. The summed E-state index contributed by atoms with van der Waals surface area (Å²) in [6.07, 6.45) is 0.174. The molecule has 0 aliphatic carbocycles. The van der Waals surface area contributed by atoms with Crippen LogP contribution in [0.4, 0.5) is 0 Å². The van der Waals surface area contributed by atoms with E-state index in [0.29, 0.717) is 18.8 Å². The smallest absolute Gasteiger partial charge is 0.233 e. The average molecular weight is 342 g/mol. The Hall–Kier alpha value is -2.27. The Balaban J connectivity index is 1.97. The third-order valence-electron chi connectivity index (χ3n) is 3.58. The molecule has 0 saturated heterocycles. The molecule has 0 radical (unpaired) electrons. The second-order valence-electron chi connectivity index (χ2n) is 5.62. The van der Waals surface area contributed by atoms with Gasteiger partial charge in [0.05, 0.1) is 5.75 Å². The molecule has 2 aromatic rings. The molecule has 126 valence electrons. The molecule has 0 aliphatic rings. The number of carbonyl (C=O) groups is 2. The zero-order valence-corrected chi connectivity index (χ0v) is 14.6. The summed E-state index contributed by atoms with van der Waals surface area (Å²) >= 11 is 1.50. The monoisotopic (exact) mass is 342 g/mol. The fraction of sp³-hybridized carbons (Fsp3) is 0.263. The van der Waals surface area contributed by atoms with Gasteiger partial charge >= 0.3 is 0 Å². The van der Waals surface area contributed by atoms with Gasteiger partial charge in [-0.1, -0.05) is 48.0 Å². The number of rotatable bonds is 8. The number of aryl methyl sites for hydroxylation is 1. The summed E-state index contributed by atoms with van der Waals surface area (Å²) in [5.41, 5.74) is 7.46. The van der Waals surface area contributed by atoms with Crippen molar-refractivity contribution >= 4 is 23.6 Å². The van der Waals surface area contributed by atoms with Crippen LogP contribution in [0, 0.1) is 6.92 Å². The van der Waals surface area contributed by atoms with Crippen molar-refractivity contribution < 1.29 is 9.59 Å². The van der Waals surface area contributed by atoms with Gasteiger partial charge in [0.1, 0.15) is 0 Å². The van der Waals surface area contributed by atoms with E-state index in [9.17, 15) is 9.59 Å². The summed E-state index contributed by atoms with van der Waals surface area (Å²) < 4.78 is 0. The highest BCUT2D eigenvalue weighted by atomic mass is 32.2. The maximum Gasteiger partial charge on any atom is 0.233 e. The van der Waals surface area contributed by atoms with Gasteiger partial charge in [-0.15, -0.1) is 11.8 Å². The van der Waals surface area contributed by atoms with Gasteiger partial charge in [0.2, 0.25) is 11.8 Å². The van der Waals surface area contributed by atoms with Crippen LogP contribution in [0.3, 0.4) is 0 Å². The molecule has 2 rings (SSSR count). The summed E-state index contributed by atoms with van der Waals surface area (Å²) in [6, 6.07) is 17.8. The number of nitrogens with two attached hydrogens (primary N) is 1. The number of thioether (sulfide) groups is 1. The third kappa shape index (κ3) is 6.08. The van der Waals surface area contributed by atoms with E-state index >= 15 is 0 Å². The molecule has 0 unspecified atom stereocenters. The van der Waals surface area contributed by atoms with E-state index < -0.39 is 5.91 Å². The van der Waals surface area contributed by atoms with Gasteiger partial charge in [-0.05, 0) is 24.6 Å². The summed E-state index contributed by atoms with van der Waals surface area (Å²) in [4.78, 5) is 26.4. The van der Waals surface area contributed by atoms with E-state index in [0.717, 1.165) is 10.5 Å². The van der Waals surface area contributed by atoms with E-state index in [1.807, 2.05) is 61.5 Å². The van der Waals surface area contributed by atoms with Crippen molar-refractivity contribution in [2.75, 3.05) is 12.3 Å². The van der Waals surface area contributed by atoms with Gasteiger partial charge < -0.3 is 10.6 Å². The second-order valence-corrected chi connectivity index (χ2v) is 6.67. The van der Waals surface area contributed by atoms with Crippen molar-refractivity contribution in [3.8, 4) is 0 Å². The predicted molar refractivity (Wildman–Crippen MR) is 97.6 cm³/mol. The minimum Gasteiger partial charge on any atom is -0.370 e. The van der Waals surface area contributed by atoms with Crippen LogP contribution in [-0.2, 0) is 16.1 Å². The minimum atomic E-state index is -0.396. The first-order valence-electron chi connectivity index (χ1n) is 7.84. The molecule has 0 fully saturated rings. The molecule has 0 saturated carbocycles. The maximum absolute atomic E-state index is 12.6. The molecule has 2 aromatic carbocycles. The Morgan fingerprint density at radius 3 is 2.33 bits per heavy atom. The predicted octanol–water partition coefficient (Wildman–Crippen LogP) is 2.99. The van der Waals surface area contributed by atoms with Gasteiger partial charge in [-0.3, -0.25) is 9.59 Å². The van der Waals surface area contributed by atoms with E-state index in [1.54, 1.807) is 4.90 Å². The minimum absolute atomic E-state index is 0.00526. The second kappa shape index (κ2) is 9.13. The number of benzene rings is 2. The Bertz CT molecular complexity index is 672. The highest BCUT2D eigenvalue weighted by molar-refractivity contribution is 8.00. The van der Waals surface area contributed by atoms with Crippen LogP contribution in [0.1, 0.15) is 17.5 Å². The zero-order valence-electron chi connectivity index (χ0n) is 13.8. The van der Waals surface area contributed by atoms with Crippen LogP contribution in [-0.4, -0.2) is 29.0 Å². The highest BCUT2D eigenvalue weighted by Gasteiger charge is 2.15. The van der Waals surface area contributed by atoms with Crippen LogP contribution in [0.2, 0.25) is 0 Å². The Morgan fingerprint density at radius 2 is 1.71 bits per heavy atom. The van der Waals surface area contributed by atoms with Gasteiger partial charge in [-0.2, -0.15) is 0 Å². The molecule has 2 amide bonds. The fourth-order valence-electron chi connectivity index (χ4n) is 2.21. The first-order chi connectivity index (χ1) is 11.5. The fourth-order valence-corrected chi connectivity index (χ4v) is 3.01. The number of amides is 2. The van der Waals surface area contributed by atoms with Crippen LogP contribution >= 0.6 is 11.8 Å². The quantitative estimate of drug-likeness (QED) is 0.750. The molecule has 0 heterocycles. The average Bonchev–Trinajstić information content (AvgIpc) is 2.58. The summed E-state index contributed by atoms with van der Waals surface area (Å²) in [7, 11) is 0. The lowest BCUT2D eigenvalue weighted by Crippen LogP contribution is -2.34. The molecule has 0 atom stereocenters. The van der Waals surface area contributed by atoms with E-state index in [2.05, 4.69) is 0 Å². The largest absolute Gasteiger partial charge is 0.370 e. The Kier molecular flexibility index (Phi) is 6.88. The van der Waals surface area contributed by atoms with Crippen molar-refractivity contribution in [1.29, 1.82) is 0 Å². The molecule has 0 bridgehead atoms. The summed E-state index contributed by atoms with van der Waals surface area (Å²) in [6.45, 7) is 2.87. The standard InChI is InChI=1S/C19H22N2O2S/c1-15-7-9-17(10-8-15)24-14-19(23)21(12-11-18(20)22)13-16-5-3-2-4-6-16/h2-10H,11-14H2,1H3,(H2,20,22). The first-order valence-corrected chi connectivity index (χ1v) is 8.82. The number of primary amides is 1. The molecule has 4 nitrogen and oxygen atoms in total. The SMILES string of the molecule is Cc1ccc(SCC(=O)N(CCC(N)=O)Cc2ccccc2)cc1. The normalized spacial score (nSPS) is 10.4. The van der Waals surface area contributed by atoms with Crippen molar-refractivity contribution in [2.24, 2.45) is 5.73 Å². The van der Waals surface area contributed by atoms with Crippen molar-refractivity contribution in [1.82, 2.24) is 4.90 Å². The summed E-state index contributed by atoms with van der Waals surface area (Å²) in [5, 5.41) is 0. The van der Waals surface area contributed by atoms with Crippen molar-refractivity contribution in [2.45, 2.75) is 24.8 Å². The molecule has 5 heteroatoms. The van der Waals surface area contributed by atoms with Crippen LogP contribution in [0.25, 0.3) is 0 Å².